The largest absolute Gasteiger partial charge is 0.398 e. The van der Waals surface area contributed by atoms with Crippen molar-refractivity contribution in [1.82, 2.24) is 20.0 Å². The predicted octanol–water partition coefficient (Wildman–Crippen LogP) is 4.14. The van der Waals surface area contributed by atoms with Crippen molar-refractivity contribution in [2.24, 2.45) is 5.41 Å². The second-order valence-electron chi connectivity index (χ2n) is 11.0. The molecule has 1 saturated heterocycles. The Morgan fingerprint density at radius 3 is 2.14 bits per heavy atom. The molecule has 0 unspecified atom stereocenters. The molecule has 2 fully saturated rings. The van der Waals surface area contributed by atoms with Gasteiger partial charge in [0.05, 0.1) is 5.41 Å². The highest BCUT2D eigenvalue weighted by Gasteiger charge is 2.64. The van der Waals surface area contributed by atoms with Gasteiger partial charge in [-0.3, -0.25) is 4.98 Å². The van der Waals surface area contributed by atoms with Gasteiger partial charge in [0, 0.05) is 42.0 Å². The molecule has 3 aromatic rings. The first kappa shape index (κ1) is 24.9. The van der Waals surface area contributed by atoms with Crippen LogP contribution in [0.5, 0.6) is 0 Å². The summed E-state index contributed by atoms with van der Waals surface area (Å²) < 4.78 is 46.2. The Labute approximate surface area is 207 Å². The number of aliphatic hydroxyl groups is 2. The third kappa shape index (κ3) is 3.74. The van der Waals surface area contributed by atoms with Crippen LogP contribution in [0.15, 0.2) is 47.2 Å². The van der Waals surface area contributed by atoms with Crippen LogP contribution in [-0.4, -0.2) is 56.6 Å². The molecule has 1 aliphatic carbocycles. The van der Waals surface area contributed by atoms with E-state index in [2.05, 4.69) is 20.0 Å². The second kappa shape index (κ2) is 7.84. The van der Waals surface area contributed by atoms with Crippen LogP contribution in [0.25, 0.3) is 11.4 Å². The van der Waals surface area contributed by atoms with E-state index in [0.717, 1.165) is 0 Å². The standard InChI is InChI=1S/C26H29F3N4O3/c1-22(2,34)21-31-20(32-36-21)16-11-19(13-30-12-16)25(35,23(3)14-33(4)15-23)18-7-5-17(6-8-18)24(9-10-24)26(27,28)29/h5-8,11-13,34-35H,9-10,14-15H2,1-4H3/t25-/m0/s1. The van der Waals surface area contributed by atoms with Gasteiger partial charge >= 0.3 is 6.18 Å². The average molecular weight is 503 g/mol. The first-order valence-corrected chi connectivity index (χ1v) is 11.8. The minimum Gasteiger partial charge on any atom is -0.381 e. The smallest absolute Gasteiger partial charge is 0.381 e. The number of halogens is 3. The maximum Gasteiger partial charge on any atom is 0.398 e. The Kier molecular flexibility index (Phi) is 5.41. The van der Waals surface area contributed by atoms with E-state index in [1.54, 1.807) is 24.4 Å². The zero-order valence-electron chi connectivity index (χ0n) is 20.6. The minimum absolute atomic E-state index is 0.0417. The van der Waals surface area contributed by atoms with Crippen molar-refractivity contribution in [2.45, 2.75) is 56.4 Å². The van der Waals surface area contributed by atoms with Crippen molar-refractivity contribution < 1.29 is 27.9 Å². The van der Waals surface area contributed by atoms with Gasteiger partial charge in [0.25, 0.3) is 5.89 Å². The molecule has 1 aromatic carbocycles. The highest BCUT2D eigenvalue weighted by Crippen LogP contribution is 2.59. The fourth-order valence-corrected chi connectivity index (χ4v) is 5.48. The van der Waals surface area contributed by atoms with E-state index in [4.69, 9.17) is 4.52 Å². The number of benzene rings is 1. The number of likely N-dealkylation sites (tertiary alicyclic amines) is 1. The Morgan fingerprint density at radius 1 is 1.00 bits per heavy atom. The van der Waals surface area contributed by atoms with Crippen molar-refractivity contribution in [3.05, 3.63) is 65.3 Å². The quantitative estimate of drug-likeness (QED) is 0.523. The summed E-state index contributed by atoms with van der Waals surface area (Å²) >= 11 is 0. The summed E-state index contributed by atoms with van der Waals surface area (Å²) in [4.78, 5) is 10.6. The third-order valence-corrected chi connectivity index (χ3v) is 7.62. The summed E-state index contributed by atoms with van der Waals surface area (Å²) in [6.45, 7) is 6.16. The van der Waals surface area contributed by atoms with Crippen LogP contribution < -0.4 is 0 Å². The maximum atomic E-state index is 13.7. The molecule has 10 heteroatoms. The average Bonchev–Trinajstić information content (AvgIpc) is 3.47. The van der Waals surface area contributed by atoms with E-state index < -0.39 is 28.2 Å². The zero-order valence-corrected chi connectivity index (χ0v) is 20.6. The lowest BCUT2D eigenvalue weighted by Gasteiger charge is -2.55. The summed E-state index contributed by atoms with van der Waals surface area (Å²) in [6, 6.07) is 7.87. The summed E-state index contributed by atoms with van der Waals surface area (Å²) in [5, 5.41) is 26.4. The van der Waals surface area contributed by atoms with Gasteiger partial charge in [0.1, 0.15) is 11.2 Å². The molecular weight excluding hydrogens is 473 g/mol. The molecule has 7 nitrogen and oxygen atoms in total. The van der Waals surface area contributed by atoms with Crippen molar-refractivity contribution in [1.29, 1.82) is 0 Å². The van der Waals surface area contributed by atoms with Crippen LogP contribution >= 0.6 is 0 Å². The van der Waals surface area contributed by atoms with E-state index in [-0.39, 0.29) is 30.1 Å². The van der Waals surface area contributed by atoms with Gasteiger partial charge in [-0.1, -0.05) is 36.3 Å². The SMILES string of the molecule is CN1CC(C)([C@](O)(c2ccc(C3(C(F)(F)F)CC3)cc2)c2cncc(-c3noc(C(C)(C)O)n3)c2)C1. The molecule has 0 bridgehead atoms. The number of aromatic nitrogens is 3. The number of rotatable bonds is 6. The molecule has 2 N–H and O–H groups in total. The molecule has 36 heavy (non-hydrogen) atoms. The molecule has 0 radical (unpaired) electrons. The van der Waals surface area contributed by atoms with Gasteiger partial charge in [-0.15, -0.1) is 0 Å². The van der Waals surface area contributed by atoms with Gasteiger partial charge in [-0.05, 0) is 50.9 Å². The number of hydrogen-bond acceptors (Lipinski definition) is 7. The Bertz CT molecular complexity index is 1270. The van der Waals surface area contributed by atoms with Crippen LogP contribution in [0.1, 0.15) is 56.2 Å². The third-order valence-electron chi connectivity index (χ3n) is 7.62. The Balaban J connectivity index is 1.57. The molecule has 1 aliphatic heterocycles. The van der Waals surface area contributed by atoms with Crippen LogP contribution in [-0.2, 0) is 16.6 Å². The van der Waals surface area contributed by atoms with Gasteiger partial charge in [-0.25, -0.2) is 0 Å². The fraction of sp³-hybridized carbons (Fsp3) is 0.500. The van der Waals surface area contributed by atoms with Gasteiger partial charge in [0.15, 0.2) is 0 Å². The molecule has 3 heterocycles. The zero-order chi connectivity index (χ0) is 26.1. The Hall–Kier alpha value is -2.82. The molecule has 0 spiro atoms. The van der Waals surface area contributed by atoms with Gasteiger partial charge in [0.2, 0.25) is 5.82 Å². The van der Waals surface area contributed by atoms with Crippen molar-refractivity contribution >= 4 is 0 Å². The minimum atomic E-state index is -4.31. The van der Waals surface area contributed by atoms with E-state index in [1.807, 2.05) is 14.0 Å². The summed E-state index contributed by atoms with van der Waals surface area (Å²) in [5.74, 6) is 0.246. The lowest BCUT2D eigenvalue weighted by atomic mass is 9.62. The lowest BCUT2D eigenvalue weighted by Crippen LogP contribution is -2.63. The van der Waals surface area contributed by atoms with E-state index >= 15 is 0 Å². The normalized spacial score (nSPS) is 21.0. The van der Waals surface area contributed by atoms with Crippen LogP contribution in [0.3, 0.4) is 0 Å². The fourth-order valence-electron chi connectivity index (χ4n) is 5.48. The predicted molar refractivity (Wildman–Crippen MR) is 125 cm³/mol. The number of alkyl halides is 3. The molecular formula is C26H29F3N4O3. The maximum absolute atomic E-state index is 13.7. The molecule has 0 amide bonds. The monoisotopic (exact) mass is 502 g/mol. The molecule has 2 aromatic heterocycles. The molecule has 1 atom stereocenters. The van der Waals surface area contributed by atoms with E-state index in [1.165, 1.54) is 32.2 Å². The van der Waals surface area contributed by atoms with Crippen LogP contribution in [0.4, 0.5) is 13.2 Å². The summed E-state index contributed by atoms with van der Waals surface area (Å²) in [6.07, 6.45) is -1.08. The Morgan fingerprint density at radius 2 is 1.64 bits per heavy atom. The topological polar surface area (TPSA) is 95.5 Å². The molecule has 2 aliphatic rings. The lowest BCUT2D eigenvalue weighted by molar-refractivity contribution is -0.160. The van der Waals surface area contributed by atoms with Crippen molar-refractivity contribution in [3.63, 3.8) is 0 Å². The van der Waals surface area contributed by atoms with Crippen molar-refractivity contribution in [2.75, 3.05) is 20.1 Å². The molecule has 192 valence electrons. The highest BCUT2D eigenvalue weighted by molar-refractivity contribution is 5.56. The number of hydrogen-bond donors (Lipinski definition) is 2. The summed E-state index contributed by atoms with van der Waals surface area (Å²) in [7, 11) is 1.94. The number of pyridine rings is 1. The van der Waals surface area contributed by atoms with Gasteiger partial charge in [-0.2, -0.15) is 18.2 Å². The van der Waals surface area contributed by atoms with Crippen LogP contribution in [0, 0.1) is 5.41 Å². The second-order valence-corrected chi connectivity index (χ2v) is 11.0. The van der Waals surface area contributed by atoms with E-state index in [9.17, 15) is 23.4 Å². The van der Waals surface area contributed by atoms with Crippen LogP contribution in [0.2, 0.25) is 0 Å². The highest BCUT2D eigenvalue weighted by atomic mass is 19.4. The number of nitrogens with zero attached hydrogens (tertiary/aromatic N) is 4. The molecule has 1 saturated carbocycles. The van der Waals surface area contributed by atoms with E-state index in [0.29, 0.717) is 29.8 Å². The van der Waals surface area contributed by atoms with Crippen molar-refractivity contribution in [3.8, 4) is 11.4 Å². The molecule has 5 rings (SSSR count). The first-order chi connectivity index (χ1) is 16.7. The first-order valence-electron chi connectivity index (χ1n) is 11.8. The summed E-state index contributed by atoms with van der Waals surface area (Å²) in [5.41, 5.74) is -3.62. The van der Waals surface area contributed by atoms with Gasteiger partial charge < -0.3 is 19.6 Å².